The van der Waals surface area contributed by atoms with Gasteiger partial charge in [0.25, 0.3) is 5.56 Å². The summed E-state index contributed by atoms with van der Waals surface area (Å²) in [5, 5.41) is 7.08. The number of fused-ring (bicyclic) bond motifs is 1. The van der Waals surface area contributed by atoms with E-state index in [0.29, 0.717) is 35.0 Å². The third kappa shape index (κ3) is 4.07. The summed E-state index contributed by atoms with van der Waals surface area (Å²) in [6.45, 7) is 5.98. The molecule has 2 heterocycles. The molecule has 0 aliphatic heterocycles. The number of carbonyl (C=O) groups excluding carboxylic acids is 1. The second-order valence-electron chi connectivity index (χ2n) is 7.33. The smallest absolute Gasteiger partial charge is 0.279 e. The molecule has 7 nitrogen and oxygen atoms in total. The van der Waals surface area contributed by atoms with Crippen molar-refractivity contribution in [3.8, 4) is 11.4 Å². The predicted molar refractivity (Wildman–Crippen MR) is 120 cm³/mol. The van der Waals surface area contributed by atoms with Crippen molar-refractivity contribution in [3.05, 3.63) is 100 Å². The van der Waals surface area contributed by atoms with Crippen molar-refractivity contribution < 1.29 is 9.18 Å². The molecule has 162 valence electrons. The molecule has 8 heteroatoms. The van der Waals surface area contributed by atoms with E-state index in [0.717, 1.165) is 5.56 Å². The number of hydrogen-bond acceptors (Lipinski definition) is 4. The SMILES string of the molecule is C=CCn1c(C)c(CC(=O)NCc2ccccc2F)c(=O)n2nc(-c3ccccc3)nc12. The van der Waals surface area contributed by atoms with E-state index in [4.69, 9.17) is 0 Å². The van der Waals surface area contributed by atoms with Crippen molar-refractivity contribution in [1.29, 1.82) is 0 Å². The van der Waals surface area contributed by atoms with Gasteiger partial charge < -0.3 is 9.88 Å². The average molecular weight is 431 g/mol. The van der Waals surface area contributed by atoms with Crippen molar-refractivity contribution in [2.45, 2.75) is 26.4 Å². The van der Waals surface area contributed by atoms with Gasteiger partial charge in [0, 0.05) is 35.5 Å². The standard InChI is InChI=1S/C24H22FN5O2/c1-3-13-29-16(2)19(14-21(31)26-15-18-11-7-8-12-20(18)25)23(32)30-24(29)27-22(28-30)17-9-5-4-6-10-17/h3-12H,1,13-15H2,2H3,(H,26,31). The van der Waals surface area contributed by atoms with Crippen LogP contribution in [0.1, 0.15) is 16.8 Å². The molecular formula is C24H22FN5O2. The minimum Gasteiger partial charge on any atom is -0.352 e. The van der Waals surface area contributed by atoms with E-state index >= 15 is 0 Å². The highest BCUT2D eigenvalue weighted by Crippen LogP contribution is 2.17. The van der Waals surface area contributed by atoms with E-state index in [1.807, 2.05) is 30.3 Å². The highest BCUT2D eigenvalue weighted by Gasteiger charge is 2.20. The molecule has 4 rings (SSSR count). The first kappa shape index (κ1) is 21.2. The molecular weight excluding hydrogens is 409 g/mol. The summed E-state index contributed by atoms with van der Waals surface area (Å²) in [4.78, 5) is 30.3. The topological polar surface area (TPSA) is 81.3 Å². The van der Waals surface area contributed by atoms with Crippen molar-refractivity contribution >= 4 is 11.7 Å². The van der Waals surface area contributed by atoms with Gasteiger partial charge in [-0.2, -0.15) is 9.50 Å². The first-order valence-corrected chi connectivity index (χ1v) is 10.1. The monoisotopic (exact) mass is 431 g/mol. The molecule has 1 amide bonds. The van der Waals surface area contributed by atoms with E-state index < -0.39 is 11.4 Å². The fourth-order valence-corrected chi connectivity index (χ4v) is 3.53. The van der Waals surface area contributed by atoms with Gasteiger partial charge in [0.2, 0.25) is 11.7 Å². The number of nitrogens with one attached hydrogen (secondary N) is 1. The summed E-state index contributed by atoms with van der Waals surface area (Å²) in [6.07, 6.45) is 1.53. The van der Waals surface area contributed by atoms with Crippen molar-refractivity contribution in [1.82, 2.24) is 24.5 Å². The van der Waals surface area contributed by atoms with E-state index in [1.165, 1.54) is 10.6 Å². The molecule has 2 aromatic heterocycles. The average Bonchev–Trinajstić information content (AvgIpc) is 3.25. The minimum absolute atomic E-state index is 0.0368. The lowest BCUT2D eigenvalue weighted by molar-refractivity contribution is -0.120. The molecule has 0 fully saturated rings. The summed E-state index contributed by atoms with van der Waals surface area (Å²) in [5.74, 6) is 0.0129. The summed E-state index contributed by atoms with van der Waals surface area (Å²) in [5.41, 5.74) is 1.65. The number of halogens is 1. The van der Waals surface area contributed by atoms with E-state index in [2.05, 4.69) is 22.0 Å². The molecule has 0 bridgehead atoms. The van der Waals surface area contributed by atoms with Gasteiger partial charge in [-0.3, -0.25) is 9.59 Å². The molecule has 0 aliphatic carbocycles. The second kappa shape index (κ2) is 8.97. The van der Waals surface area contributed by atoms with Crippen LogP contribution in [0.25, 0.3) is 17.2 Å². The Balaban J connectivity index is 1.69. The van der Waals surface area contributed by atoms with Crippen LogP contribution in [0.3, 0.4) is 0 Å². The fourth-order valence-electron chi connectivity index (χ4n) is 3.53. The summed E-state index contributed by atoms with van der Waals surface area (Å²) in [7, 11) is 0. The molecule has 0 saturated heterocycles. The molecule has 0 atom stereocenters. The number of benzene rings is 2. The molecule has 0 unspecified atom stereocenters. The summed E-state index contributed by atoms with van der Waals surface area (Å²) in [6, 6.07) is 15.6. The Morgan fingerprint density at radius 1 is 1.16 bits per heavy atom. The Bertz CT molecular complexity index is 1360. The number of carbonyl (C=O) groups is 1. The molecule has 0 spiro atoms. The lowest BCUT2D eigenvalue weighted by Crippen LogP contribution is -2.32. The first-order chi connectivity index (χ1) is 15.5. The molecule has 0 aliphatic rings. The van der Waals surface area contributed by atoms with Crippen LogP contribution in [-0.4, -0.2) is 25.1 Å². The van der Waals surface area contributed by atoms with Crippen LogP contribution in [-0.2, 0) is 24.3 Å². The Labute approximate surface area is 183 Å². The zero-order valence-corrected chi connectivity index (χ0v) is 17.6. The molecule has 0 saturated carbocycles. The zero-order chi connectivity index (χ0) is 22.7. The van der Waals surface area contributed by atoms with Crippen molar-refractivity contribution in [2.24, 2.45) is 0 Å². The number of aromatic nitrogens is 4. The van der Waals surface area contributed by atoms with Gasteiger partial charge in [0.1, 0.15) is 5.82 Å². The van der Waals surface area contributed by atoms with Crippen LogP contribution in [0.15, 0.2) is 72.0 Å². The van der Waals surface area contributed by atoms with E-state index in [1.54, 1.807) is 35.8 Å². The van der Waals surface area contributed by atoms with E-state index in [-0.39, 0.29) is 18.9 Å². The summed E-state index contributed by atoms with van der Waals surface area (Å²) < 4.78 is 16.8. The maximum absolute atomic E-state index is 13.8. The lowest BCUT2D eigenvalue weighted by Gasteiger charge is -2.14. The van der Waals surface area contributed by atoms with Crippen LogP contribution in [0, 0.1) is 12.7 Å². The normalized spacial score (nSPS) is 10.9. The van der Waals surface area contributed by atoms with Gasteiger partial charge in [-0.1, -0.05) is 54.6 Å². The van der Waals surface area contributed by atoms with Crippen LogP contribution in [0.2, 0.25) is 0 Å². The number of hydrogen-bond donors (Lipinski definition) is 1. The Hall–Kier alpha value is -4.07. The fraction of sp³-hybridized carbons (Fsp3) is 0.167. The molecule has 0 radical (unpaired) electrons. The largest absolute Gasteiger partial charge is 0.352 e. The Morgan fingerprint density at radius 3 is 2.59 bits per heavy atom. The van der Waals surface area contributed by atoms with Gasteiger partial charge in [0.15, 0.2) is 5.82 Å². The van der Waals surface area contributed by atoms with Crippen LogP contribution < -0.4 is 10.9 Å². The van der Waals surface area contributed by atoms with Gasteiger partial charge in [-0.15, -0.1) is 11.7 Å². The van der Waals surface area contributed by atoms with Crippen LogP contribution in [0.4, 0.5) is 4.39 Å². The van der Waals surface area contributed by atoms with E-state index in [9.17, 15) is 14.0 Å². The molecule has 32 heavy (non-hydrogen) atoms. The zero-order valence-electron chi connectivity index (χ0n) is 17.6. The molecule has 4 aromatic rings. The van der Waals surface area contributed by atoms with Gasteiger partial charge in [-0.25, -0.2) is 4.39 Å². The molecule has 1 N–H and O–H groups in total. The predicted octanol–water partition coefficient (Wildman–Crippen LogP) is 3.05. The van der Waals surface area contributed by atoms with Crippen molar-refractivity contribution in [2.75, 3.05) is 0 Å². The highest BCUT2D eigenvalue weighted by atomic mass is 19.1. The van der Waals surface area contributed by atoms with Crippen molar-refractivity contribution in [3.63, 3.8) is 0 Å². The Morgan fingerprint density at radius 2 is 1.88 bits per heavy atom. The maximum Gasteiger partial charge on any atom is 0.279 e. The minimum atomic E-state index is -0.409. The lowest BCUT2D eigenvalue weighted by atomic mass is 10.1. The number of rotatable bonds is 7. The second-order valence-corrected chi connectivity index (χ2v) is 7.33. The maximum atomic E-state index is 13.8. The first-order valence-electron chi connectivity index (χ1n) is 10.1. The van der Waals surface area contributed by atoms with Crippen LogP contribution in [0.5, 0.6) is 0 Å². The van der Waals surface area contributed by atoms with Gasteiger partial charge in [-0.05, 0) is 13.0 Å². The summed E-state index contributed by atoms with van der Waals surface area (Å²) >= 11 is 0. The Kier molecular flexibility index (Phi) is 5.93. The quantitative estimate of drug-likeness (QED) is 0.456. The van der Waals surface area contributed by atoms with Crippen LogP contribution >= 0.6 is 0 Å². The van der Waals surface area contributed by atoms with Gasteiger partial charge >= 0.3 is 0 Å². The molecule has 2 aromatic carbocycles. The number of allylic oxidation sites excluding steroid dienone is 1. The third-order valence-corrected chi connectivity index (χ3v) is 5.24. The van der Waals surface area contributed by atoms with Gasteiger partial charge in [0.05, 0.1) is 6.42 Å². The number of amides is 1. The highest BCUT2D eigenvalue weighted by molar-refractivity contribution is 5.78. The number of nitrogens with zero attached hydrogens (tertiary/aromatic N) is 4. The third-order valence-electron chi connectivity index (χ3n) is 5.24.